The Hall–Kier alpha value is -0.160. The summed E-state index contributed by atoms with van der Waals surface area (Å²) in [6, 6.07) is 0.449. The van der Waals surface area contributed by atoms with Gasteiger partial charge in [-0.1, -0.05) is 0 Å². The molecule has 4 nitrogen and oxygen atoms in total. The molecule has 0 aromatic heterocycles. The fourth-order valence-electron chi connectivity index (χ4n) is 2.38. The highest BCUT2D eigenvalue weighted by molar-refractivity contribution is 4.90. The predicted molar refractivity (Wildman–Crippen MR) is 59.0 cm³/mol. The molecule has 0 saturated carbocycles. The van der Waals surface area contributed by atoms with Crippen LogP contribution < -0.4 is 5.32 Å². The molecule has 0 aromatic rings. The van der Waals surface area contributed by atoms with Gasteiger partial charge in [-0.3, -0.25) is 0 Å². The first-order valence-electron chi connectivity index (χ1n) is 5.53. The molecular formula is C11H23NO3. The third-order valence-electron chi connectivity index (χ3n) is 3.15. The highest BCUT2D eigenvalue weighted by Gasteiger charge is 2.35. The average molecular weight is 217 g/mol. The van der Waals surface area contributed by atoms with Gasteiger partial charge in [0.1, 0.15) is 0 Å². The van der Waals surface area contributed by atoms with Crippen molar-refractivity contribution in [2.45, 2.75) is 12.5 Å². The van der Waals surface area contributed by atoms with Crippen molar-refractivity contribution in [2.75, 3.05) is 47.7 Å². The van der Waals surface area contributed by atoms with Gasteiger partial charge < -0.3 is 19.5 Å². The van der Waals surface area contributed by atoms with Crippen LogP contribution in [0.4, 0.5) is 0 Å². The molecule has 1 aliphatic heterocycles. The molecule has 90 valence electrons. The van der Waals surface area contributed by atoms with Gasteiger partial charge in [0.25, 0.3) is 0 Å². The molecule has 4 heteroatoms. The second-order valence-corrected chi connectivity index (χ2v) is 4.13. The zero-order chi connectivity index (χ0) is 11.1. The van der Waals surface area contributed by atoms with E-state index in [1.807, 2.05) is 0 Å². The molecule has 0 bridgehead atoms. The molecular weight excluding hydrogens is 194 g/mol. The van der Waals surface area contributed by atoms with Gasteiger partial charge in [0.2, 0.25) is 0 Å². The monoisotopic (exact) mass is 217 g/mol. The van der Waals surface area contributed by atoms with Gasteiger partial charge in [-0.15, -0.1) is 0 Å². The van der Waals surface area contributed by atoms with E-state index in [0.717, 1.165) is 32.8 Å². The van der Waals surface area contributed by atoms with Crippen LogP contribution in [0.15, 0.2) is 0 Å². The van der Waals surface area contributed by atoms with E-state index in [4.69, 9.17) is 14.2 Å². The van der Waals surface area contributed by atoms with Gasteiger partial charge in [0.15, 0.2) is 0 Å². The third-order valence-corrected chi connectivity index (χ3v) is 3.15. The van der Waals surface area contributed by atoms with Crippen molar-refractivity contribution in [1.29, 1.82) is 0 Å². The van der Waals surface area contributed by atoms with Crippen LogP contribution in [-0.2, 0) is 14.2 Å². The van der Waals surface area contributed by atoms with Crippen molar-refractivity contribution in [3.8, 4) is 0 Å². The molecule has 3 atom stereocenters. The normalized spacial score (nSPS) is 31.0. The Bertz CT molecular complexity index is 152. The maximum Gasteiger partial charge on any atom is 0.0618 e. The van der Waals surface area contributed by atoms with E-state index in [-0.39, 0.29) is 0 Å². The molecule has 1 N–H and O–H groups in total. The van der Waals surface area contributed by atoms with Gasteiger partial charge >= 0.3 is 0 Å². The molecule has 1 rings (SSSR count). The molecule has 15 heavy (non-hydrogen) atoms. The van der Waals surface area contributed by atoms with Gasteiger partial charge in [-0.25, -0.2) is 0 Å². The molecule has 0 spiro atoms. The maximum absolute atomic E-state index is 5.24. The number of hydrogen-bond acceptors (Lipinski definition) is 4. The molecule has 1 aliphatic rings. The molecule has 0 unspecified atom stereocenters. The van der Waals surface area contributed by atoms with Crippen molar-refractivity contribution in [2.24, 2.45) is 11.8 Å². The van der Waals surface area contributed by atoms with Gasteiger partial charge in [-0.2, -0.15) is 0 Å². The summed E-state index contributed by atoms with van der Waals surface area (Å²) in [5, 5.41) is 3.49. The Morgan fingerprint density at radius 3 is 2.40 bits per heavy atom. The molecule has 0 aliphatic carbocycles. The highest BCUT2D eigenvalue weighted by atomic mass is 16.5. The predicted octanol–water partition coefficient (Wildman–Crippen LogP) is 0.520. The van der Waals surface area contributed by atoms with E-state index in [9.17, 15) is 0 Å². The lowest BCUT2D eigenvalue weighted by Gasteiger charge is -2.22. The topological polar surface area (TPSA) is 39.7 Å². The summed E-state index contributed by atoms with van der Waals surface area (Å²) in [7, 11) is 5.26. The molecule has 1 fully saturated rings. The summed E-state index contributed by atoms with van der Waals surface area (Å²) in [6.45, 7) is 3.43. The van der Waals surface area contributed by atoms with Crippen molar-refractivity contribution in [3.63, 3.8) is 0 Å². The second-order valence-electron chi connectivity index (χ2n) is 4.13. The average Bonchev–Trinajstić information content (AvgIpc) is 2.60. The van der Waals surface area contributed by atoms with Crippen LogP contribution in [0.2, 0.25) is 0 Å². The Kier molecular flexibility index (Phi) is 6.17. The summed E-state index contributed by atoms with van der Waals surface area (Å²) in [5.41, 5.74) is 0. The highest BCUT2D eigenvalue weighted by Crippen LogP contribution is 2.26. The minimum atomic E-state index is 0.449. The second kappa shape index (κ2) is 7.17. The van der Waals surface area contributed by atoms with Gasteiger partial charge in [0, 0.05) is 40.5 Å². The number of ether oxygens (including phenoxy) is 3. The Morgan fingerprint density at radius 1 is 1.07 bits per heavy atom. The molecule has 0 aromatic carbocycles. The number of rotatable bonds is 7. The van der Waals surface area contributed by atoms with Crippen LogP contribution >= 0.6 is 0 Å². The summed E-state index contributed by atoms with van der Waals surface area (Å²) < 4.78 is 15.6. The zero-order valence-corrected chi connectivity index (χ0v) is 9.99. The summed E-state index contributed by atoms with van der Waals surface area (Å²) in [4.78, 5) is 0. The zero-order valence-electron chi connectivity index (χ0n) is 9.99. The van der Waals surface area contributed by atoms with Crippen LogP contribution in [0.1, 0.15) is 6.42 Å². The van der Waals surface area contributed by atoms with Crippen LogP contribution in [0.3, 0.4) is 0 Å². The van der Waals surface area contributed by atoms with E-state index >= 15 is 0 Å². The lowest BCUT2D eigenvalue weighted by atomic mass is 9.88. The molecule has 0 radical (unpaired) electrons. The van der Waals surface area contributed by atoms with Crippen molar-refractivity contribution >= 4 is 0 Å². The maximum atomic E-state index is 5.24. The van der Waals surface area contributed by atoms with Crippen molar-refractivity contribution in [1.82, 2.24) is 5.32 Å². The summed E-state index contributed by atoms with van der Waals surface area (Å²) >= 11 is 0. The van der Waals surface area contributed by atoms with Crippen LogP contribution in [0.25, 0.3) is 0 Å². The van der Waals surface area contributed by atoms with Gasteiger partial charge in [0.05, 0.1) is 13.2 Å². The van der Waals surface area contributed by atoms with Crippen LogP contribution in [0.5, 0.6) is 0 Å². The first-order chi connectivity index (χ1) is 7.33. The SMILES string of the molecule is COCC[C@@H]1[C@@H](COC)CN[C@@H]1COC. The molecule has 1 saturated heterocycles. The van der Waals surface area contributed by atoms with E-state index in [0.29, 0.717) is 17.9 Å². The van der Waals surface area contributed by atoms with E-state index in [1.54, 1.807) is 21.3 Å². The first-order valence-corrected chi connectivity index (χ1v) is 5.53. The summed E-state index contributed by atoms with van der Waals surface area (Å²) in [5.74, 6) is 1.19. The van der Waals surface area contributed by atoms with E-state index in [2.05, 4.69) is 5.32 Å². The fraction of sp³-hybridized carbons (Fsp3) is 1.00. The number of methoxy groups -OCH3 is 3. The van der Waals surface area contributed by atoms with E-state index in [1.165, 1.54) is 0 Å². The Morgan fingerprint density at radius 2 is 1.80 bits per heavy atom. The standard InChI is InChI=1S/C11H23NO3/c1-13-5-4-10-9(7-14-2)6-12-11(10)8-15-3/h9-12H,4-8H2,1-3H3/t9-,10-,11-/m1/s1. The quantitative estimate of drug-likeness (QED) is 0.675. The number of hydrogen-bond donors (Lipinski definition) is 1. The first kappa shape index (κ1) is 12.9. The Labute approximate surface area is 92.3 Å². The Balaban J connectivity index is 2.44. The fourth-order valence-corrected chi connectivity index (χ4v) is 2.38. The minimum absolute atomic E-state index is 0.449. The largest absolute Gasteiger partial charge is 0.385 e. The molecule has 1 heterocycles. The lowest BCUT2D eigenvalue weighted by molar-refractivity contribution is 0.0938. The minimum Gasteiger partial charge on any atom is -0.385 e. The third kappa shape index (κ3) is 3.72. The van der Waals surface area contributed by atoms with Gasteiger partial charge in [-0.05, 0) is 18.3 Å². The van der Waals surface area contributed by atoms with Crippen LogP contribution in [0, 0.1) is 11.8 Å². The van der Waals surface area contributed by atoms with E-state index < -0.39 is 0 Å². The van der Waals surface area contributed by atoms with Crippen molar-refractivity contribution < 1.29 is 14.2 Å². The lowest BCUT2D eigenvalue weighted by Crippen LogP contribution is -2.33. The molecule has 0 amide bonds. The summed E-state index contributed by atoms with van der Waals surface area (Å²) in [6.07, 6.45) is 1.07. The number of nitrogens with one attached hydrogen (secondary N) is 1. The van der Waals surface area contributed by atoms with Crippen LogP contribution in [-0.4, -0.2) is 53.7 Å². The van der Waals surface area contributed by atoms with Crippen molar-refractivity contribution in [3.05, 3.63) is 0 Å². The smallest absolute Gasteiger partial charge is 0.0618 e.